The number of benzene rings is 1. The highest BCUT2D eigenvalue weighted by molar-refractivity contribution is 5.95. The molecule has 6 nitrogen and oxygen atoms in total. The van der Waals surface area contributed by atoms with Crippen molar-refractivity contribution in [3.63, 3.8) is 0 Å². The minimum Gasteiger partial charge on any atom is -0.497 e. The van der Waals surface area contributed by atoms with E-state index in [0.29, 0.717) is 18.7 Å². The van der Waals surface area contributed by atoms with Gasteiger partial charge in [-0.3, -0.25) is 9.48 Å². The van der Waals surface area contributed by atoms with Gasteiger partial charge < -0.3 is 14.8 Å². The van der Waals surface area contributed by atoms with E-state index in [2.05, 4.69) is 17.3 Å². The summed E-state index contributed by atoms with van der Waals surface area (Å²) in [5.74, 6) is 1.86. The lowest BCUT2D eigenvalue weighted by Crippen LogP contribution is -2.35. The van der Waals surface area contributed by atoms with Gasteiger partial charge in [0.2, 0.25) is 0 Å². The maximum atomic E-state index is 12.4. The topological polar surface area (TPSA) is 65.4 Å². The molecule has 0 fully saturated rings. The number of carbonyl (C=O) groups is 1. The highest BCUT2D eigenvalue weighted by Gasteiger charge is 2.22. The molecule has 134 valence electrons. The average molecular weight is 343 g/mol. The fourth-order valence-corrected chi connectivity index (χ4v) is 3.11. The molecule has 2 aromatic rings. The molecule has 0 aliphatic carbocycles. The first-order valence-electron chi connectivity index (χ1n) is 8.72. The van der Waals surface area contributed by atoms with Crippen LogP contribution in [0.25, 0.3) is 0 Å². The molecule has 1 aromatic carbocycles. The zero-order valence-electron chi connectivity index (χ0n) is 15.0. The zero-order chi connectivity index (χ0) is 17.8. The van der Waals surface area contributed by atoms with Crippen LogP contribution in [0.2, 0.25) is 0 Å². The lowest BCUT2D eigenvalue weighted by molar-refractivity contribution is 0.0938. The molecular formula is C19H25N3O3. The average Bonchev–Trinajstić information content (AvgIpc) is 3.00. The molecule has 25 heavy (non-hydrogen) atoms. The van der Waals surface area contributed by atoms with Crippen LogP contribution < -0.4 is 14.8 Å². The Hall–Kier alpha value is -2.50. The molecule has 1 unspecified atom stereocenters. The molecule has 0 radical (unpaired) electrons. The van der Waals surface area contributed by atoms with Crippen molar-refractivity contribution >= 4 is 5.91 Å². The highest BCUT2D eigenvalue weighted by atomic mass is 16.5. The quantitative estimate of drug-likeness (QED) is 0.875. The van der Waals surface area contributed by atoms with E-state index in [1.807, 2.05) is 29.8 Å². The van der Waals surface area contributed by atoms with E-state index in [0.717, 1.165) is 42.1 Å². The number of amides is 1. The van der Waals surface area contributed by atoms with Crippen molar-refractivity contribution in [1.29, 1.82) is 0 Å². The number of aromatic nitrogens is 2. The second-order valence-corrected chi connectivity index (χ2v) is 6.43. The SMILES string of the molecule is CCCn1ncc(C(=O)NCC2COc3cc(OC)ccc3C2)c1C. The second kappa shape index (κ2) is 7.59. The predicted octanol–water partition coefficient (Wildman–Crippen LogP) is 2.59. The summed E-state index contributed by atoms with van der Waals surface area (Å²) in [5.41, 5.74) is 2.71. The Balaban J connectivity index is 1.58. The molecule has 1 amide bonds. The van der Waals surface area contributed by atoms with E-state index in [9.17, 15) is 4.79 Å². The van der Waals surface area contributed by atoms with Crippen molar-refractivity contribution < 1.29 is 14.3 Å². The van der Waals surface area contributed by atoms with Crippen molar-refractivity contribution in [2.75, 3.05) is 20.3 Å². The normalized spacial score (nSPS) is 16.0. The van der Waals surface area contributed by atoms with Gasteiger partial charge in [0.05, 0.1) is 25.5 Å². The molecule has 0 bridgehead atoms. The van der Waals surface area contributed by atoms with Gasteiger partial charge in [-0.15, -0.1) is 0 Å². The first-order chi connectivity index (χ1) is 12.1. The summed E-state index contributed by atoms with van der Waals surface area (Å²) in [6.07, 6.45) is 3.53. The van der Waals surface area contributed by atoms with Crippen LogP contribution in [0.3, 0.4) is 0 Å². The van der Waals surface area contributed by atoms with Crippen molar-refractivity contribution in [3.05, 3.63) is 41.2 Å². The standard InChI is InChI=1S/C19H25N3O3/c1-4-7-22-13(2)17(11-21-22)19(23)20-10-14-8-15-5-6-16(24-3)9-18(15)25-12-14/h5-6,9,11,14H,4,7-8,10,12H2,1-3H3,(H,20,23). The maximum absolute atomic E-state index is 12.4. The summed E-state index contributed by atoms with van der Waals surface area (Å²) in [6, 6.07) is 5.88. The summed E-state index contributed by atoms with van der Waals surface area (Å²) in [5, 5.41) is 7.31. The van der Waals surface area contributed by atoms with Gasteiger partial charge in [-0.05, 0) is 31.4 Å². The molecule has 2 heterocycles. The number of hydrogen-bond donors (Lipinski definition) is 1. The predicted molar refractivity (Wildman–Crippen MR) is 95.3 cm³/mol. The van der Waals surface area contributed by atoms with Crippen LogP contribution in [0.4, 0.5) is 0 Å². The third kappa shape index (κ3) is 3.78. The lowest BCUT2D eigenvalue weighted by Gasteiger charge is -2.25. The van der Waals surface area contributed by atoms with Crippen molar-refractivity contribution in [2.24, 2.45) is 5.92 Å². The zero-order valence-corrected chi connectivity index (χ0v) is 15.0. The number of aryl methyl sites for hydroxylation is 1. The third-order valence-electron chi connectivity index (χ3n) is 4.59. The van der Waals surface area contributed by atoms with Crippen LogP contribution in [-0.4, -0.2) is 35.9 Å². The first kappa shape index (κ1) is 17.3. The Morgan fingerprint density at radius 1 is 1.48 bits per heavy atom. The van der Waals surface area contributed by atoms with E-state index in [1.54, 1.807) is 13.3 Å². The van der Waals surface area contributed by atoms with E-state index in [1.165, 1.54) is 0 Å². The fourth-order valence-electron chi connectivity index (χ4n) is 3.11. The van der Waals surface area contributed by atoms with Gasteiger partial charge in [0.25, 0.3) is 5.91 Å². The van der Waals surface area contributed by atoms with Gasteiger partial charge in [-0.1, -0.05) is 13.0 Å². The van der Waals surface area contributed by atoms with Crippen LogP contribution in [-0.2, 0) is 13.0 Å². The molecule has 1 atom stereocenters. The van der Waals surface area contributed by atoms with E-state index in [4.69, 9.17) is 9.47 Å². The first-order valence-corrected chi connectivity index (χ1v) is 8.72. The number of nitrogens with one attached hydrogen (secondary N) is 1. The van der Waals surface area contributed by atoms with Crippen LogP contribution in [0.15, 0.2) is 24.4 Å². The molecule has 1 aromatic heterocycles. The molecule has 0 spiro atoms. The highest BCUT2D eigenvalue weighted by Crippen LogP contribution is 2.30. The van der Waals surface area contributed by atoms with Crippen molar-refractivity contribution in [1.82, 2.24) is 15.1 Å². The Bertz CT molecular complexity index is 754. The van der Waals surface area contributed by atoms with Gasteiger partial charge >= 0.3 is 0 Å². The van der Waals surface area contributed by atoms with Gasteiger partial charge in [-0.2, -0.15) is 5.10 Å². The van der Waals surface area contributed by atoms with Gasteiger partial charge in [0.15, 0.2) is 0 Å². The molecule has 1 aliphatic rings. The summed E-state index contributed by atoms with van der Waals surface area (Å²) in [7, 11) is 1.65. The van der Waals surface area contributed by atoms with Crippen molar-refractivity contribution in [2.45, 2.75) is 33.2 Å². The monoisotopic (exact) mass is 343 g/mol. The number of methoxy groups -OCH3 is 1. The number of rotatable bonds is 6. The number of hydrogen-bond acceptors (Lipinski definition) is 4. The second-order valence-electron chi connectivity index (χ2n) is 6.43. The van der Waals surface area contributed by atoms with Crippen LogP contribution >= 0.6 is 0 Å². The van der Waals surface area contributed by atoms with Crippen LogP contribution in [0.5, 0.6) is 11.5 Å². The molecule has 0 saturated carbocycles. The van der Waals surface area contributed by atoms with E-state index < -0.39 is 0 Å². The lowest BCUT2D eigenvalue weighted by atomic mass is 9.96. The summed E-state index contributed by atoms with van der Waals surface area (Å²) >= 11 is 0. The smallest absolute Gasteiger partial charge is 0.254 e. The Morgan fingerprint density at radius 2 is 2.32 bits per heavy atom. The Labute approximate surface area is 148 Å². The number of carbonyl (C=O) groups excluding carboxylic acids is 1. The maximum Gasteiger partial charge on any atom is 0.254 e. The summed E-state index contributed by atoms with van der Waals surface area (Å²) in [4.78, 5) is 12.4. The molecular weight excluding hydrogens is 318 g/mol. The molecule has 0 saturated heterocycles. The third-order valence-corrected chi connectivity index (χ3v) is 4.59. The number of fused-ring (bicyclic) bond motifs is 1. The van der Waals surface area contributed by atoms with Crippen molar-refractivity contribution in [3.8, 4) is 11.5 Å². The summed E-state index contributed by atoms with van der Waals surface area (Å²) < 4.78 is 12.9. The van der Waals surface area contributed by atoms with Gasteiger partial charge in [0, 0.05) is 30.8 Å². The molecule has 6 heteroatoms. The minimum absolute atomic E-state index is 0.0691. The molecule has 1 N–H and O–H groups in total. The summed E-state index contributed by atoms with van der Waals surface area (Å²) in [6.45, 7) is 6.04. The number of ether oxygens (including phenoxy) is 2. The minimum atomic E-state index is -0.0691. The molecule has 1 aliphatic heterocycles. The Morgan fingerprint density at radius 3 is 3.08 bits per heavy atom. The van der Waals surface area contributed by atoms with E-state index >= 15 is 0 Å². The van der Waals surface area contributed by atoms with Gasteiger partial charge in [-0.25, -0.2) is 0 Å². The largest absolute Gasteiger partial charge is 0.497 e. The van der Waals surface area contributed by atoms with E-state index in [-0.39, 0.29) is 11.8 Å². The number of nitrogens with zero attached hydrogens (tertiary/aromatic N) is 2. The van der Waals surface area contributed by atoms with Gasteiger partial charge in [0.1, 0.15) is 11.5 Å². The van der Waals surface area contributed by atoms with Crippen LogP contribution in [0.1, 0.15) is 35.0 Å². The Kier molecular flexibility index (Phi) is 5.26. The van der Waals surface area contributed by atoms with Crippen LogP contribution in [0, 0.1) is 12.8 Å². The fraction of sp³-hybridized carbons (Fsp3) is 0.474. The molecule has 3 rings (SSSR count).